The minimum Gasteiger partial charge on any atom is -0.402 e. The van der Waals surface area contributed by atoms with Crippen LogP contribution in [0, 0.1) is 0 Å². The highest BCUT2D eigenvalue weighted by Crippen LogP contribution is 2.12. The molecule has 19 heavy (non-hydrogen) atoms. The van der Waals surface area contributed by atoms with Gasteiger partial charge in [-0.15, -0.1) is 0 Å². The molecule has 0 spiro atoms. The third-order valence-corrected chi connectivity index (χ3v) is 3.52. The van der Waals surface area contributed by atoms with E-state index in [9.17, 15) is 0 Å². The van der Waals surface area contributed by atoms with E-state index in [1.807, 2.05) is 0 Å². The average molecular weight is 265 g/mol. The number of allylic oxidation sites excluding steroid dienone is 2. The van der Waals surface area contributed by atoms with Gasteiger partial charge in [-0.1, -0.05) is 89.9 Å². The Hall–Kier alpha value is -0.720. The minimum absolute atomic E-state index is 0.759. The van der Waals surface area contributed by atoms with Gasteiger partial charge in [0.25, 0.3) is 0 Å². The van der Waals surface area contributed by atoms with Gasteiger partial charge in [-0.3, -0.25) is 0 Å². The van der Waals surface area contributed by atoms with E-state index in [4.69, 9.17) is 5.73 Å². The van der Waals surface area contributed by atoms with Gasteiger partial charge in [-0.2, -0.15) is 0 Å². The molecule has 0 aliphatic rings. The Bertz CT molecular complexity index is 218. The van der Waals surface area contributed by atoms with Crippen molar-refractivity contribution in [3.8, 4) is 0 Å². The first-order chi connectivity index (χ1) is 9.27. The zero-order valence-corrected chi connectivity index (χ0v) is 13.1. The van der Waals surface area contributed by atoms with Crippen LogP contribution in [-0.4, -0.2) is 0 Å². The molecule has 0 fully saturated rings. The fourth-order valence-electron chi connectivity index (χ4n) is 2.28. The Kier molecular flexibility index (Phi) is 14.8. The molecule has 0 atom stereocenters. The molecule has 0 amide bonds. The molecule has 0 unspecified atom stereocenters. The zero-order valence-electron chi connectivity index (χ0n) is 13.1. The first-order valence-electron chi connectivity index (χ1n) is 8.35. The second-order valence-electron chi connectivity index (χ2n) is 5.66. The predicted octanol–water partition coefficient (Wildman–Crippen LogP) is 6.11. The van der Waals surface area contributed by atoms with Crippen molar-refractivity contribution in [3.63, 3.8) is 0 Å². The molecule has 2 N–H and O–H groups in total. The Morgan fingerprint density at radius 3 is 1.74 bits per heavy atom. The summed E-state index contributed by atoms with van der Waals surface area (Å²) in [5, 5.41) is 0. The van der Waals surface area contributed by atoms with Crippen LogP contribution >= 0.6 is 0 Å². The normalized spacial score (nSPS) is 11.2. The van der Waals surface area contributed by atoms with Crippen molar-refractivity contribution in [3.05, 3.63) is 24.4 Å². The largest absolute Gasteiger partial charge is 0.402 e. The Balaban J connectivity index is 3.02. The first-order valence-corrected chi connectivity index (χ1v) is 8.35. The fraction of sp³-hybridized carbons (Fsp3) is 0.778. The molecular formula is C18H35N. The molecule has 0 aliphatic carbocycles. The van der Waals surface area contributed by atoms with Crippen molar-refractivity contribution in [1.82, 2.24) is 0 Å². The molecule has 0 aromatic heterocycles. The van der Waals surface area contributed by atoms with Crippen molar-refractivity contribution < 1.29 is 0 Å². The molecule has 0 saturated carbocycles. The van der Waals surface area contributed by atoms with E-state index in [1.54, 1.807) is 0 Å². The Labute approximate surface area is 121 Å². The van der Waals surface area contributed by atoms with Gasteiger partial charge in [0.05, 0.1) is 0 Å². The lowest BCUT2D eigenvalue weighted by molar-refractivity contribution is 0.550. The van der Waals surface area contributed by atoms with Crippen LogP contribution in [0.4, 0.5) is 0 Å². The minimum atomic E-state index is 0.759. The van der Waals surface area contributed by atoms with E-state index in [1.165, 1.54) is 77.0 Å². The maximum Gasteiger partial charge on any atom is 0.00458 e. The molecule has 0 rings (SSSR count). The quantitative estimate of drug-likeness (QED) is 0.298. The van der Waals surface area contributed by atoms with Gasteiger partial charge >= 0.3 is 0 Å². The molecule has 1 nitrogen and oxygen atoms in total. The van der Waals surface area contributed by atoms with Crippen LogP contribution in [-0.2, 0) is 0 Å². The maximum atomic E-state index is 5.49. The highest BCUT2D eigenvalue weighted by molar-refractivity contribution is 4.97. The summed E-state index contributed by atoms with van der Waals surface area (Å²) in [5.41, 5.74) is 6.25. The molecule has 0 bridgehead atoms. The summed E-state index contributed by atoms with van der Waals surface area (Å²) in [7, 11) is 0. The second kappa shape index (κ2) is 15.3. The number of rotatable bonds is 14. The Morgan fingerprint density at radius 2 is 1.26 bits per heavy atom. The summed E-state index contributed by atoms with van der Waals surface area (Å²) in [4.78, 5) is 0. The summed E-state index contributed by atoms with van der Waals surface area (Å²) in [6, 6.07) is 0. The van der Waals surface area contributed by atoms with Gasteiger partial charge in [0.15, 0.2) is 0 Å². The van der Waals surface area contributed by atoms with Crippen molar-refractivity contribution >= 4 is 0 Å². The van der Waals surface area contributed by atoms with E-state index in [2.05, 4.69) is 25.7 Å². The smallest absolute Gasteiger partial charge is 0.00458 e. The molecule has 0 aromatic rings. The summed E-state index contributed by atoms with van der Waals surface area (Å²) >= 11 is 0. The van der Waals surface area contributed by atoms with Crippen molar-refractivity contribution in [2.75, 3.05) is 0 Å². The van der Waals surface area contributed by atoms with E-state index >= 15 is 0 Å². The van der Waals surface area contributed by atoms with Crippen molar-refractivity contribution in [2.45, 2.75) is 90.4 Å². The molecule has 0 radical (unpaired) electrons. The summed E-state index contributed by atoms with van der Waals surface area (Å²) in [6.45, 7) is 5.96. The molecule has 0 aromatic carbocycles. The predicted molar refractivity (Wildman–Crippen MR) is 88.2 cm³/mol. The molecule has 112 valence electrons. The third kappa shape index (κ3) is 17.3. The Morgan fingerprint density at radius 1 is 0.789 bits per heavy atom. The van der Waals surface area contributed by atoms with Gasteiger partial charge in [0.2, 0.25) is 0 Å². The fourth-order valence-corrected chi connectivity index (χ4v) is 2.28. The number of nitrogens with two attached hydrogens (primary N) is 1. The lowest BCUT2D eigenvalue weighted by atomic mass is 10.1. The first kappa shape index (κ1) is 18.3. The number of hydrogen-bond donors (Lipinski definition) is 1. The summed E-state index contributed by atoms with van der Waals surface area (Å²) in [6.07, 6.45) is 22.0. The van der Waals surface area contributed by atoms with Gasteiger partial charge in [0.1, 0.15) is 0 Å². The highest BCUT2D eigenvalue weighted by atomic mass is 14.5. The standard InChI is InChI=1S/C18H35N/c1-3-4-5-6-7-8-9-10-11-12-13-14-15-16-17-18(2)19/h15-16H,2-14,17,19H2,1H3/b16-15+. The van der Waals surface area contributed by atoms with Crippen LogP contribution in [0.25, 0.3) is 0 Å². The van der Waals surface area contributed by atoms with E-state index in [0.29, 0.717) is 0 Å². The SMILES string of the molecule is C=C(N)C/C=C/CCCCCCCCCCCCC. The number of hydrogen-bond acceptors (Lipinski definition) is 1. The monoisotopic (exact) mass is 265 g/mol. The summed E-state index contributed by atoms with van der Waals surface area (Å²) < 4.78 is 0. The maximum absolute atomic E-state index is 5.49. The molecule has 0 heterocycles. The van der Waals surface area contributed by atoms with Crippen LogP contribution in [0.5, 0.6) is 0 Å². The van der Waals surface area contributed by atoms with Crippen molar-refractivity contribution in [2.24, 2.45) is 5.73 Å². The average Bonchev–Trinajstić information content (AvgIpc) is 2.39. The molecule has 0 aliphatic heterocycles. The lowest BCUT2D eigenvalue weighted by Crippen LogP contribution is -1.90. The van der Waals surface area contributed by atoms with Gasteiger partial charge in [-0.25, -0.2) is 0 Å². The second-order valence-corrected chi connectivity index (χ2v) is 5.66. The van der Waals surface area contributed by atoms with E-state index < -0.39 is 0 Å². The summed E-state index contributed by atoms with van der Waals surface area (Å²) in [5.74, 6) is 0. The highest BCUT2D eigenvalue weighted by Gasteiger charge is 1.92. The topological polar surface area (TPSA) is 26.0 Å². The van der Waals surface area contributed by atoms with Gasteiger partial charge in [-0.05, 0) is 12.8 Å². The lowest BCUT2D eigenvalue weighted by Gasteiger charge is -2.01. The molecule has 0 saturated heterocycles. The van der Waals surface area contributed by atoms with E-state index in [-0.39, 0.29) is 0 Å². The van der Waals surface area contributed by atoms with Crippen LogP contribution in [0.2, 0.25) is 0 Å². The van der Waals surface area contributed by atoms with Crippen LogP contribution in [0.3, 0.4) is 0 Å². The van der Waals surface area contributed by atoms with Crippen molar-refractivity contribution in [1.29, 1.82) is 0 Å². The third-order valence-electron chi connectivity index (χ3n) is 3.52. The van der Waals surface area contributed by atoms with Crippen LogP contribution in [0.1, 0.15) is 90.4 Å². The molecule has 1 heteroatoms. The van der Waals surface area contributed by atoms with Gasteiger partial charge in [0, 0.05) is 12.1 Å². The zero-order chi connectivity index (χ0) is 14.2. The molecular weight excluding hydrogens is 230 g/mol. The van der Waals surface area contributed by atoms with Crippen LogP contribution in [0.15, 0.2) is 24.4 Å². The number of unbranched alkanes of at least 4 members (excludes halogenated alkanes) is 11. The van der Waals surface area contributed by atoms with Gasteiger partial charge < -0.3 is 5.73 Å². The van der Waals surface area contributed by atoms with Crippen LogP contribution < -0.4 is 5.73 Å². The van der Waals surface area contributed by atoms with E-state index in [0.717, 1.165) is 12.1 Å².